The van der Waals surface area contributed by atoms with E-state index in [0.717, 1.165) is 35.5 Å². The van der Waals surface area contributed by atoms with E-state index < -0.39 is 6.09 Å². The minimum atomic E-state index is -1.02. The number of thiophene rings is 1. The van der Waals surface area contributed by atoms with E-state index in [1.807, 2.05) is 4.90 Å². The van der Waals surface area contributed by atoms with Crippen molar-refractivity contribution in [3.05, 3.63) is 17.3 Å². The Morgan fingerprint density at radius 3 is 2.70 bits per heavy atom. The lowest BCUT2D eigenvalue weighted by Crippen LogP contribution is -2.49. The number of carbonyl (C=O) groups is 2. The second-order valence-corrected chi connectivity index (χ2v) is 7.65. The first-order valence-corrected chi connectivity index (χ1v) is 10.1. The molecule has 0 unspecified atom stereocenters. The van der Waals surface area contributed by atoms with Crippen molar-refractivity contribution in [2.45, 2.75) is 32.6 Å². The largest absolute Gasteiger partial charge is 0.465 e. The number of hydrogen-bond acceptors (Lipinski definition) is 6. The fraction of sp³-hybridized carbons (Fsp3) is 0.556. The molecule has 3 heterocycles. The minimum absolute atomic E-state index is 0.140. The Labute approximate surface area is 162 Å². The lowest BCUT2D eigenvalue weighted by molar-refractivity contribution is -0.131. The molecular formula is C18H25N5O3S. The summed E-state index contributed by atoms with van der Waals surface area (Å²) in [7, 11) is 0. The second-order valence-electron chi connectivity index (χ2n) is 6.54. The van der Waals surface area contributed by atoms with Crippen molar-refractivity contribution in [2.24, 2.45) is 0 Å². The van der Waals surface area contributed by atoms with Gasteiger partial charge in [-0.3, -0.25) is 4.79 Å². The number of carbonyl (C=O) groups excluding carboxylic acids is 1. The summed E-state index contributed by atoms with van der Waals surface area (Å²) >= 11 is 1.71. The van der Waals surface area contributed by atoms with Gasteiger partial charge in [-0.1, -0.05) is 6.92 Å². The highest BCUT2D eigenvalue weighted by molar-refractivity contribution is 7.18. The van der Waals surface area contributed by atoms with Gasteiger partial charge in [-0.25, -0.2) is 14.8 Å². The minimum Gasteiger partial charge on any atom is -0.465 e. The summed E-state index contributed by atoms with van der Waals surface area (Å²) in [5, 5.41) is 11.9. The first-order valence-electron chi connectivity index (χ1n) is 9.31. The molecular weight excluding hydrogens is 366 g/mol. The fourth-order valence-corrected chi connectivity index (χ4v) is 4.17. The normalized spacial score (nSPS) is 14.6. The van der Waals surface area contributed by atoms with Crippen LogP contribution in [0.4, 0.5) is 10.6 Å². The zero-order chi connectivity index (χ0) is 19.2. The first kappa shape index (κ1) is 19.3. The van der Waals surface area contributed by atoms with E-state index >= 15 is 0 Å². The van der Waals surface area contributed by atoms with Gasteiger partial charge in [0.05, 0.1) is 5.39 Å². The van der Waals surface area contributed by atoms with E-state index in [4.69, 9.17) is 5.11 Å². The Bertz CT molecular complexity index is 801. The van der Waals surface area contributed by atoms with Crippen LogP contribution >= 0.6 is 11.3 Å². The number of aromatic nitrogens is 2. The molecule has 1 fully saturated rings. The van der Waals surface area contributed by atoms with Gasteiger partial charge in [0.1, 0.15) is 17.0 Å². The van der Waals surface area contributed by atoms with Gasteiger partial charge in [-0.15, -0.1) is 11.3 Å². The Morgan fingerprint density at radius 1 is 1.22 bits per heavy atom. The van der Waals surface area contributed by atoms with E-state index in [1.54, 1.807) is 17.7 Å². The van der Waals surface area contributed by atoms with Crippen LogP contribution in [0.15, 0.2) is 12.4 Å². The van der Waals surface area contributed by atoms with Crippen LogP contribution in [0.3, 0.4) is 0 Å². The lowest BCUT2D eigenvalue weighted by Gasteiger charge is -2.35. The molecule has 0 radical (unpaired) electrons. The highest BCUT2D eigenvalue weighted by Crippen LogP contribution is 2.30. The molecule has 0 aliphatic carbocycles. The molecule has 0 aromatic carbocycles. The zero-order valence-corrected chi connectivity index (χ0v) is 16.3. The maximum atomic E-state index is 12.3. The molecule has 2 N–H and O–H groups in total. The van der Waals surface area contributed by atoms with E-state index in [-0.39, 0.29) is 5.91 Å². The third kappa shape index (κ3) is 4.85. The molecule has 27 heavy (non-hydrogen) atoms. The molecule has 2 amide bonds. The number of nitrogens with zero attached hydrogens (tertiary/aromatic N) is 4. The maximum Gasteiger partial charge on any atom is 0.404 e. The molecule has 1 saturated heterocycles. The number of piperazine rings is 1. The van der Waals surface area contributed by atoms with Gasteiger partial charge in [0.15, 0.2) is 0 Å². The van der Waals surface area contributed by atoms with Crippen molar-refractivity contribution >= 4 is 39.4 Å². The summed E-state index contributed by atoms with van der Waals surface area (Å²) in [6, 6.07) is 2.18. The van der Waals surface area contributed by atoms with Crippen molar-refractivity contribution in [1.29, 1.82) is 0 Å². The highest BCUT2D eigenvalue weighted by atomic mass is 32.1. The van der Waals surface area contributed by atoms with Crippen LogP contribution in [0.25, 0.3) is 10.2 Å². The molecule has 0 atom stereocenters. The van der Waals surface area contributed by atoms with Gasteiger partial charge in [0, 0.05) is 44.0 Å². The molecule has 3 rings (SSSR count). The van der Waals surface area contributed by atoms with Crippen LogP contribution in [0.5, 0.6) is 0 Å². The molecule has 0 spiro atoms. The van der Waals surface area contributed by atoms with Crippen molar-refractivity contribution in [3.8, 4) is 0 Å². The van der Waals surface area contributed by atoms with Crippen molar-refractivity contribution in [2.75, 3.05) is 37.6 Å². The lowest BCUT2D eigenvalue weighted by atomic mass is 10.2. The summed E-state index contributed by atoms with van der Waals surface area (Å²) in [6.07, 6.45) is 3.42. The fourth-order valence-electron chi connectivity index (χ4n) is 3.24. The number of rotatable bonds is 7. The summed E-state index contributed by atoms with van der Waals surface area (Å²) in [5.41, 5.74) is 0. The van der Waals surface area contributed by atoms with Crippen molar-refractivity contribution in [3.63, 3.8) is 0 Å². The molecule has 8 nitrogen and oxygen atoms in total. The van der Waals surface area contributed by atoms with Crippen LogP contribution in [0.1, 0.15) is 31.1 Å². The third-order valence-corrected chi connectivity index (χ3v) is 5.92. The summed E-state index contributed by atoms with van der Waals surface area (Å²) in [5.74, 6) is 1.10. The molecule has 1 aliphatic heterocycles. The van der Waals surface area contributed by atoms with E-state index in [0.29, 0.717) is 38.9 Å². The molecule has 9 heteroatoms. The van der Waals surface area contributed by atoms with E-state index in [9.17, 15) is 9.59 Å². The molecule has 2 aromatic rings. The molecule has 0 bridgehead atoms. The third-order valence-electron chi connectivity index (χ3n) is 4.73. The Kier molecular flexibility index (Phi) is 6.44. The van der Waals surface area contributed by atoms with Crippen molar-refractivity contribution < 1.29 is 14.7 Å². The number of unbranched alkanes of at least 4 members (excludes halogenated alkanes) is 1. The molecule has 2 aromatic heterocycles. The van der Waals surface area contributed by atoms with Gasteiger partial charge < -0.3 is 20.2 Å². The first-order chi connectivity index (χ1) is 13.1. The topological polar surface area (TPSA) is 98.7 Å². The van der Waals surface area contributed by atoms with Crippen LogP contribution in [-0.2, 0) is 11.2 Å². The average Bonchev–Trinajstić information content (AvgIpc) is 3.11. The molecule has 1 aliphatic rings. The Morgan fingerprint density at radius 2 is 2.00 bits per heavy atom. The van der Waals surface area contributed by atoms with Gasteiger partial charge in [-0.2, -0.15) is 0 Å². The van der Waals surface area contributed by atoms with Gasteiger partial charge >= 0.3 is 6.09 Å². The van der Waals surface area contributed by atoms with Crippen LogP contribution in [-0.4, -0.2) is 64.7 Å². The molecule has 0 saturated carbocycles. The average molecular weight is 391 g/mol. The zero-order valence-electron chi connectivity index (χ0n) is 15.5. The number of hydrogen-bond donors (Lipinski definition) is 2. The number of fused-ring (bicyclic) bond motifs is 1. The van der Waals surface area contributed by atoms with Gasteiger partial charge in [0.25, 0.3) is 0 Å². The quantitative estimate of drug-likeness (QED) is 0.703. The van der Waals surface area contributed by atoms with Crippen LogP contribution in [0.2, 0.25) is 0 Å². The Balaban J connectivity index is 1.51. The number of aryl methyl sites for hydroxylation is 1. The predicted molar refractivity (Wildman–Crippen MR) is 105 cm³/mol. The number of nitrogens with one attached hydrogen (secondary N) is 1. The summed E-state index contributed by atoms with van der Waals surface area (Å²) in [6.45, 7) is 5.41. The second kappa shape index (κ2) is 8.98. The number of carboxylic acid groups (broad SMARTS) is 1. The standard InChI is InChI=1S/C18H25N5O3S/c1-2-13-11-14-16(20-12-21-17(14)27-13)23-9-7-22(8-10-23)15(24)5-3-4-6-19-18(25)26/h11-12,19H,2-10H2,1H3,(H,25,26). The van der Waals surface area contributed by atoms with E-state index in [1.165, 1.54) is 4.88 Å². The van der Waals surface area contributed by atoms with Gasteiger partial charge in [-0.05, 0) is 25.3 Å². The van der Waals surface area contributed by atoms with Crippen molar-refractivity contribution in [1.82, 2.24) is 20.2 Å². The van der Waals surface area contributed by atoms with Crippen LogP contribution < -0.4 is 10.2 Å². The Hall–Kier alpha value is -2.42. The van der Waals surface area contributed by atoms with Crippen LogP contribution in [0, 0.1) is 0 Å². The maximum absolute atomic E-state index is 12.3. The highest BCUT2D eigenvalue weighted by Gasteiger charge is 2.23. The predicted octanol–water partition coefficient (Wildman–Crippen LogP) is 2.34. The summed E-state index contributed by atoms with van der Waals surface area (Å²) in [4.78, 5) is 38.1. The molecule has 146 valence electrons. The summed E-state index contributed by atoms with van der Waals surface area (Å²) < 4.78 is 0. The van der Waals surface area contributed by atoms with E-state index in [2.05, 4.69) is 33.2 Å². The van der Waals surface area contributed by atoms with Gasteiger partial charge in [0.2, 0.25) is 5.91 Å². The smallest absolute Gasteiger partial charge is 0.404 e. The SMILES string of the molecule is CCc1cc2c(N3CCN(C(=O)CCCCNC(=O)O)CC3)ncnc2s1. The number of anilines is 1. The monoisotopic (exact) mass is 391 g/mol. The number of amides is 2.